The summed E-state index contributed by atoms with van der Waals surface area (Å²) in [6, 6.07) is 10.3. The monoisotopic (exact) mass is 351 g/mol. The van der Waals surface area contributed by atoms with Gasteiger partial charge in [0.05, 0.1) is 0 Å². The molecule has 5 heteroatoms. The Morgan fingerprint density at radius 1 is 1.15 bits per heavy atom. The molecule has 20 heavy (non-hydrogen) atoms. The molecule has 3 rings (SSSR count). The van der Waals surface area contributed by atoms with Gasteiger partial charge in [0.2, 0.25) is 0 Å². The van der Waals surface area contributed by atoms with Gasteiger partial charge in [0.15, 0.2) is 0 Å². The molecule has 104 valence electrons. The average molecular weight is 353 g/mol. The molecule has 0 aliphatic rings. The highest BCUT2D eigenvalue weighted by Gasteiger charge is 2.12. The van der Waals surface area contributed by atoms with Crippen molar-refractivity contribution in [3.8, 4) is 11.3 Å². The van der Waals surface area contributed by atoms with Gasteiger partial charge in [0, 0.05) is 39.0 Å². The van der Waals surface area contributed by atoms with Crippen LogP contribution in [0.2, 0.25) is 0 Å². The average Bonchev–Trinajstić information content (AvgIpc) is 2.79. The Kier molecular flexibility index (Phi) is 4.81. The number of fused-ring (bicyclic) bond motifs is 1. The highest BCUT2D eigenvalue weighted by atomic mass is 79.9. The quantitative estimate of drug-likeness (QED) is 0.751. The minimum atomic E-state index is 0. The van der Waals surface area contributed by atoms with E-state index in [0.29, 0.717) is 6.54 Å². The van der Waals surface area contributed by atoms with E-state index < -0.39 is 0 Å². The van der Waals surface area contributed by atoms with Crippen LogP contribution in [0.4, 0.5) is 0 Å². The largest absolute Gasteiger partial charge is 0.354 e. The fourth-order valence-electron chi connectivity index (χ4n) is 2.39. The van der Waals surface area contributed by atoms with Gasteiger partial charge in [-0.3, -0.25) is 4.98 Å². The molecule has 0 fully saturated rings. The lowest BCUT2D eigenvalue weighted by atomic mass is 10.0. The van der Waals surface area contributed by atoms with Crippen LogP contribution < -0.4 is 5.73 Å². The maximum absolute atomic E-state index is 5.76. The summed E-state index contributed by atoms with van der Waals surface area (Å²) in [7, 11) is 0. The van der Waals surface area contributed by atoms with Crippen LogP contribution in [0.3, 0.4) is 0 Å². The first-order valence-corrected chi connectivity index (χ1v) is 6.99. The Hall–Kier alpha value is -1.36. The molecule has 0 unspecified atom stereocenters. The van der Waals surface area contributed by atoms with Crippen molar-refractivity contribution >= 4 is 39.2 Å². The van der Waals surface area contributed by atoms with Crippen LogP contribution in [0.25, 0.3) is 22.2 Å². The Morgan fingerprint density at radius 2 is 1.90 bits per heavy atom. The van der Waals surface area contributed by atoms with Gasteiger partial charge in [-0.15, -0.1) is 12.4 Å². The topological polar surface area (TPSA) is 54.7 Å². The van der Waals surface area contributed by atoms with E-state index in [9.17, 15) is 0 Å². The molecule has 0 atom stereocenters. The van der Waals surface area contributed by atoms with E-state index in [4.69, 9.17) is 5.73 Å². The van der Waals surface area contributed by atoms with Crippen molar-refractivity contribution in [3.63, 3.8) is 0 Å². The Morgan fingerprint density at radius 3 is 2.60 bits per heavy atom. The number of nitrogens with zero attached hydrogens (tertiary/aromatic N) is 1. The van der Waals surface area contributed by atoms with Crippen LogP contribution in [0.1, 0.15) is 5.56 Å². The van der Waals surface area contributed by atoms with Gasteiger partial charge in [0.1, 0.15) is 0 Å². The van der Waals surface area contributed by atoms with Crippen molar-refractivity contribution < 1.29 is 0 Å². The maximum Gasteiger partial charge on any atom is 0.0498 e. The molecule has 0 saturated carbocycles. The van der Waals surface area contributed by atoms with Gasteiger partial charge >= 0.3 is 0 Å². The predicted octanol–water partition coefficient (Wildman–Crippen LogP) is 3.92. The van der Waals surface area contributed by atoms with Gasteiger partial charge < -0.3 is 10.7 Å². The van der Waals surface area contributed by atoms with Crippen molar-refractivity contribution in [2.75, 3.05) is 6.54 Å². The molecular formula is C15H15BrClN3. The van der Waals surface area contributed by atoms with E-state index in [1.165, 1.54) is 10.9 Å². The molecule has 3 N–H and O–H groups in total. The van der Waals surface area contributed by atoms with Crippen molar-refractivity contribution in [2.24, 2.45) is 5.73 Å². The zero-order valence-electron chi connectivity index (χ0n) is 10.8. The summed E-state index contributed by atoms with van der Waals surface area (Å²) in [6.45, 7) is 0.636. The van der Waals surface area contributed by atoms with E-state index in [-0.39, 0.29) is 12.4 Å². The summed E-state index contributed by atoms with van der Waals surface area (Å²) in [6.07, 6.45) is 4.47. The fraction of sp³-hybridized carbons (Fsp3) is 0.133. The van der Waals surface area contributed by atoms with Gasteiger partial charge in [-0.05, 0) is 48.9 Å². The Bertz CT molecular complexity index is 710. The predicted molar refractivity (Wildman–Crippen MR) is 89.2 cm³/mol. The molecule has 0 amide bonds. The van der Waals surface area contributed by atoms with E-state index in [0.717, 1.165) is 27.7 Å². The number of benzene rings is 1. The molecule has 0 saturated heterocycles. The van der Waals surface area contributed by atoms with Gasteiger partial charge in [0.25, 0.3) is 0 Å². The van der Waals surface area contributed by atoms with Gasteiger partial charge in [-0.2, -0.15) is 0 Å². The number of hydrogen-bond acceptors (Lipinski definition) is 2. The fourth-order valence-corrected chi connectivity index (χ4v) is 2.75. The molecule has 1 aromatic carbocycles. The lowest BCUT2D eigenvalue weighted by Gasteiger charge is -2.03. The van der Waals surface area contributed by atoms with Gasteiger partial charge in [-0.25, -0.2) is 0 Å². The standard InChI is InChI=1S/C15H14BrN3.ClH/c16-11-1-2-14-13(9-11)12(3-6-17)15(19-14)10-4-7-18-8-5-10;/h1-2,4-5,7-9,19H,3,6,17H2;1H. The van der Waals surface area contributed by atoms with E-state index in [1.807, 2.05) is 30.6 Å². The van der Waals surface area contributed by atoms with E-state index in [1.54, 1.807) is 0 Å². The number of halogens is 2. The summed E-state index contributed by atoms with van der Waals surface area (Å²) in [5.74, 6) is 0. The van der Waals surface area contributed by atoms with Crippen molar-refractivity contribution in [3.05, 3.63) is 52.8 Å². The maximum atomic E-state index is 5.76. The first kappa shape index (κ1) is 15.0. The second-order valence-electron chi connectivity index (χ2n) is 4.44. The third-order valence-corrected chi connectivity index (χ3v) is 3.72. The number of aromatic nitrogens is 2. The lowest BCUT2D eigenvalue weighted by Crippen LogP contribution is -2.03. The number of hydrogen-bond donors (Lipinski definition) is 2. The molecule has 0 spiro atoms. The van der Waals surface area contributed by atoms with Crippen LogP contribution in [0.15, 0.2) is 47.2 Å². The molecule has 3 aromatic rings. The number of aromatic amines is 1. The number of H-pyrrole nitrogens is 1. The Labute approximate surface area is 132 Å². The van der Waals surface area contributed by atoms with Crippen LogP contribution in [-0.2, 0) is 6.42 Å². The molecule has 0 aliphatic carbocycles. The summed E-state index contributed by atoms with van der Waals surface area (Å²) < 4.78 is 1.08. The molecular weight excluding hydrogens is 338 g/mol. The number of nitrogens with one attached hydrogen (secondary N) is 1. The van der Waals surface area contributed by atoms with Crippen LogP contribution >= 0.6 is 28.3 Å². The minimum Gasteiger partial charge on any atom is -0.354 e. The molecule has 2 aromatic heterocycles. The molecule has 2 heterocycles. The lowest BCUT2D eigenvalue weighted by molar-refractivity contribution is 0.978. The van der Waals surface area contributed by atoms with Crippen LogP contribution in [-0.4, -0.2) is 16.5 Å². The molecule has 0 bridgehead atoms. The SMILES string of the molecule is Cl.NCCc1c(-c2ccncc2)[nH]c2ccc(Br)cc12. The molecule has 3 nitrogen and oxygen atoms in total. The smallest absolute Gasteiger partial charge is 0.0498 e. The normalized spacial score (nSPS) is 10.5. The summed E-state index contributed by atoms with van der Waals surface area (Å²) in [4.78, 5) is 7.56. The Balaban J connectivity index is 0.00000147. The van der Waals surface area contributed by atoms with E-state index in [2.05, 4.69) is 38.0 Å². The zero-order valence-corrected chi connectivity index (χ0v) is 13.2. The number of rotatable bonds is 3. The van der Waals surface area contributed by atoms with Crippen LogP contribution in [0, 0.1) is 0 Å². The second kappa shape index (κ2) is 6.39. The summed E-state index contributed by atoms with van der Waals surface area (Å²) >= 11 is 3.53. The summed E-state index contributed by atoms with van der Waals surface area (Å²) in [5, 5.41) is 1.23. The van der Waals surface area contributed by atoms with Crippen molar-refractivity contribution in [2.45, 2.75) is 6.42 Å². The zero-order chi connectivity index (χ0) is 13.2. The first-order chi connectivity index (χ1) is 9.29. The van der Waals surface area contributed by atoms with Crippen LogP contribution in [0.5, 0.6) is 0 Å². The number of nitrogens with two attached hydrogens (primary N) is 1. The summed E-state index contributed by atoms with van der Waals surface area (Å²) in [5.41, 5.74) is 10.4. The van der Waals surface area contributed by atoms with E-state index >= 15 is 0 Å². The minimum absolute atomic E-state index is 0. The molecule has 0 radical (unpaired) electrons. The second-order valence-corrected chi connectivity index (χ2v) is 5.36. The highest BCUT2D eigenvalue weighted by molar-refractivity contribution is 9.10. The number of pyridine rings is 1. The third-order valence-electron chi connectivity index (χ3n) is 3.23. The third kappa shape index (κ3) is 2.73. The highest BCUT2D eigenvalue weighted by Crippen LogP contribution is 2.31. The van der Waals surface area contributed by atoms with Crippen molar-refractivity contribution in [1.29, 1.82) is 0 Å². The van der Waals surface area contributed by atoms with Gasteiger partial charge in [-0.1, -0.05) is 15.9 Å². The molecule has 0 aliphatic heterocycles. The van der Waals surface area contributed by atoms with Crippen molar-refractivity contribution in [1.82, 2.24) is 9.97 Å². The first-order valence-electron chi connectivity index (χ1n) is 6.20.